The first-order chi connectivity index (χ1) is 15.4. The van der Waals surface area contributed by atoms with Crippen molar-refractivity contribution in [2.24, 2.45) is 0 Å². The summed E-state index contributed by atoms with van der Waals surface area (Å²) in [6, 6.07) is 13.1. The van der Waals surface area contributed by atoms with Crippen LogP contribution in [0.5, 0.6) is 11.5 Å². The Morgan fingerprint density at radius 2 is 0.909 bits per heavy atom. The van der Waals surface area contributed by atoms with E-state index in [1.807, 2.05) is 0 Å². The maximum atomic E-state index is 5.65. The Kier molecular flexibility index (Phi) is 19.9. The van der Waals surface area contributed by atoms with Crippen LogP contribution in [-0.4, -0.2) is 67.1 Å². The molecule has 0 radical (unpaired) electrons. The molecule has 0 N–H and O–H groups in total. The van der Waals surface area contributed by atoms with Crippen LogP contribution in [0.4, 0.5) is 0 Å². The van der Waals surface area contributed by atoms with Crippen molar-refractivity contribution in [1.82, 2.24) is 0 Å². The van der Waals surface area contributed by atoms with Gasteiger partial charge >= 0.3 is 21.1 Å². The Balaban J connectivity index is 0.000000602. The molecular weight excluding hydrogens is 864 g/mol. The van der Waals surface area contributed by atoms with E-state index < -0.39 is 0 Å². The van der Waals surface area contributed by atoms with Crippen LogP contribution >= 0.6 is 63.7 Å². The molecule has 0 saturated heterocycles. The van der Waals surface area contributed by atoms with Crippen LogP contribution in [0, 0.1) is 12.1 Å². The summed E-state index contributed by atoms with van der Waals surface area (Å²) in [4.78, 5) is 0. The summed E-state index contributed by atoms with van der Waals surface area (Å²) in [6.07, 6.45) is -0.152. The quantitative estimate of drug-likeness (QED) is 0.241. The molecule has 0 fully saturated rings. The minimum atomic E-state index is -0.0759. The monoisotopic (exact) mass is 886 g/mol. The first kappa shape index (κ1) is 33.5. The van der Waals surface area contributed by atoms with Crippen molar-refractivity contribution in [2.75, 3.05) is 54.9 Å². The molecule has 2 unspecified atom stereocenters. The SMILES string of the molecule is COCC(COc1c(Br)c[c-]cc1Br)OC.COCC(COc1c(Br)c[c-]cc1Br)OC.[W+2]. The summed E-state index contributed by atoms with van der Waals surface area (Å²) in [5, 5.41) is 0. The van der Waals surface area contributed by atoms with Gasteiger partial charge in [-0.3, -0.25) is 0 Å². The molecule has 0 aliphatic carbocycles. The normalized spacial score (nSPS) is 12.1. The van der Waals surface area contributed by atoms with Gasteiger partial charge < -0.3 is 28.4 Å². The van der Waals surface area contributed by atoms with E-state index in [0.717, 1.165) is 29.4 Å². The van der Waals surface area contributed by atoms with E-state index in [0.29, 0.717) is 26.4 Å². The zero-order valence-electron chi connectivity index (χ0n) is 18.7. The third kappa shape index (κ3) is 12.8. The van der Waals surface area contributed by atoms with Gasteiger partial charge in [-0.15, -0.1) is 63.7 Å². The first-order valence-corrected chi connectivity index (χ1v) is 12.5. The molecule has 2 aromatic rings. The average molecular weight is 890 g/mol. The molecule has 0 aliphatic heterocycles. The number of halogens is 4. The van der Waals surface area contributed by atoms with Crippen LogP contribution in [-0.2, 0) is 40.0 Å². The van der Waals surface area contributed by atoms with E-state index in [9.17, 15) is 0 Å². The molecule has 2 rings (SSSR count). The van der Waals surface area contributed by atoms with E-state index in [1.165, 1.54) is 0 Å². The standard InChI is InChI=1S/2C11H13Br2O3.W/c2*1-14-6-8(15-2)7-16-11-9(12)4-3-5-10(11)13;/h2*4-5,8H,6-7H2,1-2H3;/q2*-1;+2. The first-order valence-electron chi connectivity index (χ1n) is 9.37. The molecule has 0 saturated carbocycles. The van der Waals surface area contributed by atoms with Gasteiger partial charge in [0, 0.05) is 39.9 Å². The number of benzene rings is 2. The number of hydrogen-bond donors (Lipinski definition) is 0. The van der Waals surface area contributed by atoms with E-state index in [1.54, 1.807) is 52.7 Å². The minimum absolute atomic E-state index is 0. The maximum absolute atomic E-state index is 5.65. The molecule has 2 atom stereocenters. The summed E-state index contributed by atoms with van der Waals surface area (Å²) in [5.74, 6) is 1.49. The smallest absolute Gasteiger partial charge is 0.514 e. The molecular formula is C22H26Br4O6W. The number of hydrogen-bond acceptors (Lipinski definition) is 6. The second-order valence-electron chi connectivity index (χ2n) is 6.21. The van der Waals surface area contributed by atoms with Crippen molar-refractivity contribution in [3.63, 3.8) is 0 Å². The van der Waals surface area contributed by atoms with Crippen LogP contribution < -0.4 is 9.47 Å². The van der Waals surface area contributed by atoms with Gasteiger partial charge in [-0.1, -0.05) is 0 Å². The summed E-state index contributed by atoms with van der Waals surface area (Å²) >= 11 is 13.6. The van der Waals surface area contributed by atoms with E-state index in [2.05, 4.69) is 75.9 Å². The van der Waals surface area contributed by atoms with Crippen LogP contribution in [0.3, 0.4) is 0 Å². The van der Waals surface area contributed by atoms with Crippen molar-refractivity contribution in [2.45, 2.75) is 12.2 Å². The van der Waals surface area contributed by atoms with Gasteiger partial charge in [-0.2, -0.15) is 36.4 Å². The second kappa shape index (κ2) is 19.7. The maximum Gasteiger partial charge on any atom is 2.00 e. The Labute approximate surface area is 244 Å². The molecule has 0 aromatic heterocycles. The van der Waals surface area contributed by atoms with Crippen molar-refractivity contribution in [1.29, 1.82) is 0 Å². The predicted octanol–water partition coefficient (Wildman–Crippen LogP) is 6.10. The third-order valence-corrected chi connectivity index (χ3v) is 6.26. The number of ether oxygens (including phenoxy) is 6. The fourth-order valence-corrected chi connectivity index (χ4v) is 4.61. The summed E-state index contributed by atoms with van der Waals surface area (Å²) in [6.45, 7) is 1.88. The largest absolute Gasteiger partial charge is 2.00 e. The van der Waals surface area contributed by atoms with E-state index >= 15 is 0 Å². The van der Waals surface area contributed by atoms with Gasteiger partial charge in [0.1, 0.15) is 25.4 Å². The molecule has 33 heavy (non-hydrogen) atoms. The van der Waals surface area contributed by atoms with E-state index in [-0.39, 0.29) is 33.3 Å². The molecule has 0 bridgehead atoms. The predicted molar refractivity (Wildman–Crippen MR) is 138 cm³/mol. The van der Waals surface area contributed by atoms with E-state index in [4.69, 9.17) is 28.4 Å². The molecule has 0 heterocycles. The fraction of sp³-hybridized carbons (Fsp3) is 0.455. The van der Waals surface area contributed by atoms with Gasteiger partial charge in [0.05, 0.1) is 13.2 Å². The topological polar surface area (TPSA) is 55.4 Å². The zero-order chi connectivity index (χ0) is 23.9. The molecule has 6 nitrogen and oxygen atoms in total. The van der Waals surface area contributed by atoms with Gasteiger partial charge in [-0.05, 0) is 17.9 Å². The van der Waals surface area contributed by atoms with Crippen molar-refractivity contribution in [3.05, 3.63) is 54.3 Å². The minimum Gasteiger partial charge on any atom is -0.514 e. The third-order valence-electron chi connectivity index (χ3n) is 3.91. The Hall–Kier alpha value is 0.488. The molecule has 11 heteroatoms. The van der Waals surface area contributed by atoms with Gasteiger partial charge in [-0.25, -0.2) is 0 Å². The molecule has 184 valence electrons. The van der Waals surface area contributed by atoms with Crippen LogP contribution in [0.25, 0.3) is 0 Å². The van der Waals surface area contributed by atoms with Gasteiger partial charge in [0.2, 0.25) is 0 Å². The molecule has 0 spiro atoms. The zero-order valence-corrected chi connectivity index (χ0v) is 27.9. The van der Waals surface area contributed by atoms with Crippen molar-refractivity contribution >= 4 is 63.7 Å². The van der Waals surface area contributed by atoms with Crippen LogP contribution in [0.2, 0.25) is 0 Å². The summed E-state index contributed by atoms with van der Waals surface area (Å²) in [5.41, 5.74) is 0. The van der Waals surface area contributed by atoms with Gasteiger partial charge in [0.15, 0.2) is 0 Å². The summed E-state index contributed by atoms with van der Waals surface area (Å²) < 4.78 is 35.2. The van der Waals surface area contributed by atoms with Crippen LogP contribution in [0.15, 0.2) is 42.2 Å². The molecule has 0 amide bonds. The van der Waals surface area contributed by atoms with Crippen LogP contribution in [0.1, 0.15) is 0 Å². The van der Waals surface area contributed by atoms with Crippen molar-refractivity contribution < 1.29 is 49.5 Å². The fourth-order valence-electron chi connectivity index (χ4n) is 2.23. The second-order valence-corrected chi connectivity index (χ2v) is 9.63. The average Bonchev–Trinajstić information content (AvgIpc) is 2.77. The number of methoxy groups -OCH3 is 4. The van der Waals surface area contributed by atoms with Gasteiger partial charge in [0.25, 0.3) is 0 Å². The Bertz CT molecular complexity index is 693. The summed E-state index contributed by atoms with van der Waals surface area (Å²) in [7, 11) is 6.54. The number of rotatable bonds is 12. The molecule has 0 aliphatic rings. The molecule has 2 aromatic carbocycles. The Morgan fingerprint density at radius 1 is 0.606 bits per heavy atom. The van der Waals surface area contributed by atoms with Crippen molar-refractivity contribution in [3.8, 4) is 11.5 Å². The Morgan fingerprint density at radius 3 is 1.15 bits per heavy atom.